The number of aromatic nitrogens is 2. The minimum Gasteiger partial charge on any atom is -0.362 e. The first-order valence-electron chi connectivity index (χ1n) is 10.9. The molecule has 0 bridgehead atoms. The Morgan fingerprint density at radius 3 is 2.42 bits per heavy atom. The fourth-order valence-corrected chi connectivity index (χ4v) is 4.92. The zero-order valence-corrected chi connectivity index (χ0v) is 19.4. The van der Waals surface area contributed by atoms with Crippen molar-refractivity contribution in [3.05, 3.63) is 69.6 Å². The van der Waals surface area contributed by atoms with E-state index in [1.165, 1.54) is 29.8 Å². The smallest absolute Gasteiger partial charge is 0.289 e. The lowest BCUT2D eigenvalue weighted by atomic mass is 9.71. The molecule has 170 valence electrons. The maximum absolute atomic E-state index is 15.4. The molecule has 1 aliphatic rings. The van der Waals surface area contributed by atoms with Crippen molar-refractivity contribution in [2.24, 2.45) is 7.05 Å². The number of piperazine rings is 1. The van der Waals surface area contributed by atoms with E-state index in [2.05, 4.69) is 31.6 Å². The van der Waals surface area contributed by atoms with Crippen LogP contribution in [0.1, 0.15) is 32.0 Å². The highest BCUT2D eigenvalue weighted by Gasteiger charge is 2.40. The summed E-state index contributed by atoms with van der Waals surface area (Å²) in [4.78, 5) is 21.2. The van der Waals surface area contributed by atoms with E-state index < -0.39 is 11.4 Å². The topological polar surface area (TPSA) is 65.2 Å². The molecular formula is C24H26BF2N5O. The molecule has 0 aliphatic carbocycles. The van der Waals surface area contributed by atoms with E-state index in [-0.39, 0.29) is 34.7 Å². The van der Waals surface area contributed by atoms with Gasteiger partial charge >= 0.3 is 0 Å². The van der Waals surface area contributed by atoms with Crippen LogP contribution in [0.25, 0.3) is 11.0 Å². The molecule has 0 N–H and O–H groups in total. The number of hydrogen-bond donors (Lipinski definition) is 0. The van der Waals surface area contributed by atoms with Gasteiger partial charge in [-0.2, -0.15) is 9.65 Å². The van der Waals surface area contributed by atoms with Crippen LogP contribution in [0.3, 0.4) is 0 Å². The van der Waals surface area contributed by atoms with Crippen LogP contribution in [-0.2, 0) is 12.5 Å². The third-order valence-corrected chi connectivity index (χ3v) is 6.82. The average molecular weight is 449 g/mol. The molecule has 1 unspecified atom stereocenters. The van der Waals surface area contributed by atoms with Gasteiger partial charge in [0.25, 0.3) is 5.56 Å². The maximum atomic E-state index is 15.4. The van der Waals surface area contributed by atoms with Crippen molar-refractivity contribution in [1.82, 2.24) is 14.5 Å². The van der Waals surface area contributed by atoms with Gasteiger partial charge in [-0.05, 0) is 43.7 Å². The molecule has 0 amide bonds. The van der Waals surface area contributed by atoms with E-state index in [1.54, 1.807) is 18.2 Å². The molecule has 3 heterocycles. The van der Waals surface area contributed by atoms with Crippen molar-refractivity contribution in [2.45, 2.75) is 38.3 Å². The monoisotopic (exact) mass is 449 g/mol. The molecule has 0 radical (unpaired) electrons. The summed E-state index contributed by atoms with van der Waals surface area (Å²) in [6.45, 7) is 7.19. The highest BCUT2D eigenvalue weighted by molar-refractivity contribution is 6.15. The van der Waals surface area contributed by atoms with E-state index in [9.17, 15) is 14.4 Å². The Morgan fingerprint density at radius 1 is 1.12 bits per heavy atom. The summed E-state index contributed by atoms with van der Waals surface area (Å²) in [5.41, 5.74) is 0.971. The van der Waals surface area contributed by atoms with E-state index >= 15 is 4.39 Å². The molecule has 3 atom stereocenters. The van der Waals surface area contributed by atoms with Crippen LogP contribution in [0.15, 0.2) is 41.2 Å². The fraction of sp³-hybridized carbons (Fsp3) is 0.375. The number of fused-ring (bicyclic) bond motifs is 1. The van der Waals surface area contributed by atoms with Crippen LogP contribution in [0.4, 0.5) is 14.5 Å². The Balaban J connectivity index is 1.77. The predicted octanol–water partition coefficient (Wildman–Crippen LogP) is 2.49. The number of rotatable bonds is 3. The third kappa shape index (κ3) is 3.78. The van der Waals surface area contributed by atoms with Crippen LogP contribution in [-0.4, -0.2) is 47.5 Å². The Kier molecular flexibility index (Phi) is 5.75. The number of aryl methyl sites for hydroxylation is 1. The van der Waals surface area contributed by atoms with Crippen molar-refractivity contribution in [3.63, 3.8) is 0 Å². The van der Waals surface area contributed by atoms with Crippen LogP contribution in [0.5, 0.6) is 0 Å². The van der Waals surface area contributed by atoms with Crippen molar-refractivity contribution in [3.8, 4) is 6.07 Å². The maximum Gasteiger partial charge on any atom is 0.289 e. The molecule has 1 fully saturated rings. The first-order valence-corrected chi connectivity index (χ1v) is 10.9. The zero-order valence-electron chi connectivity index (χ0n) is 19.4. The van der Waals surface area contributed by atoms with Crippen LogP contribution < -0.4 is 10.5 Å². The van der Waals surface area contributed by atoms with Gasteiger partial charge in [0.05, 0.1) is 5.52 Å². The van der Waals surface area contributed by atoms with Gasteiger partial charge in [0.1, 0.15) is 36.6 Å². The SMILES string of the molecule is BC(C)(c1ccc(F)cc1)N1C[C@H](C)N(c2c(F)c(=O)n(C)c3ccc(C#N)nc23)C[C@H]1C. The van der Waals surface area contributed by atoms with Gasteiger partial charge in [-0.3, -0.25) is 9.69 Å². The van der Waals surface area contributed by atoms with Gasteiger partial charge < -0.3 is 9.47 Å². The van der Waals surface area contributed by atoms with Crippen molar-refractivity contribution >= 4 is 24.6 Å². The van der Waals surface area contributed by atoms with Gasteiger partial charge in [0, 0.05) is 37.7 Å². The van der Waals surface area contributed by atoms with Crippen LogP contribution >= 0.6 is 0 Å². The lowest BCUT2D eigenvalue weighted by Crippen LogP contribution is -2.62. The Bertz CT molecular complexity index is 1320. The Morgan fingerprint density at radius 2 is 1.79 bits per heavy atom. The Hall–Kier alpha value is -3.25. The van der Waals surface area contributed by atoms with Crippen molar-refractivity contribution in [2.75, 3.05) is 18.0 Å². The molecule has 3 aromatic rings. The van der Waals surface area contributed by atoms with Crippen LogP contribution in [0, 0.1) is 23.0 Å². The molecule has 33 heavy (non-hydrogen) atoms. The normalized spacial score (nSPS) is 21.1. The lowest BCUT2D eigenvalue weighted by molar-refractivity contribution is 0.0921. The summed E-state index contributed by atoms with van der Waals surface area (Å²) >= 11 is 0. The lowest BCUT2D eigenvalue weighted by Gasteiger charge is -2.52. The van der Waals surface area contributed by atoms with Crippen molar-refractivity contribution in [1.29, 1.82) is 5.26 Å². The quantitative estimate of drug-likeness (QED) is 0.575. The summed E-state index contributed by atoms with van der Waals surface area (Å²) in [5.74, 6) is -1.14. The number of pyridine rings is 2. The van der Waals surface area contributed by atoms with E-state index in [4.69, 9.17) is 0 Å². The van der Waals surface area contributed by atoms with Gasteiger partial charge in [-0.25, -0.2) is 9.37 Å². The largest absolute Gasteiger partial charge is 0.362 e. The second-order valence-electron chi connectivity index (χ2n) is 9.27. The zero-order chi connectivity index (χ0) is 24.1. The highest BCUT2D eigenvalue weighted by atomic mass is 19.1. The molecule has 1 aromatic carbocycles. The molecule has 0 saturated carbocycles. The molecule has 9 heteroatoms. The number of nitriles is 1. The standard InChI is InChI=1S/C24H26BF2N5O/c1-14-13-32(24(3,25)16-5-7-17(26)8-6-16)15(2)12-31(14)22-20(27)23(33)30(4)19-10-9-18(11-28)29-21(19)22/h5-10,14-15H,12-13,25H2,1-4H3/t14-,15+,24?/m0/s1. The number of anilines is 1. The highest BCUT2D eigenvalue weighted by Crippen LogP contribution is 2.35. The van der Waals surface area contributed by atoms with E-state index in [0.717, 1.165) is 5.56 Å². The number of halogens is 2. The summed E-state index contributed by atoms with van der Waals surface area (Å²) < 4.78 is 30.1. The summed E-state index contributed by atoms with van der Waals surface area (Å²) in [5, 5.41) is 9.32. The summed E-state index contributed by atoms with van der Waals surface area (Å²) in [7, 11) is 3.59. The van der Waals surface area contributed by atoms with Gasteiger partial charge in [0.2, 0.25) is 5.82 Å². The molecule has 4 rings (SSSR count). The third-order valence-electron chi connectivity index (χ3n) is 6.82. The van der Waals surface area contributed by atoms with E-state index in [0.29, 0.717) is 24.1 Å². The molecule has 1 saturated heterocycles. The Labute approximate surface area is 192 Å². The fourth-order valence-electron chi connectivity index (χ4n) is 4.92. The van der Waals surface area contributed by atoms with Crippen LogP contribution in [0.2, 0.25) is 0 Å². The minimum atomic E-state index is -0.863. The second-order valence-corrected chi connectivity index (χ2v) is 9.27. The molecular weight excluding hydrogens is 423 g/mol. The number of benzene rings is 1. The van der Waals surface area contributed by atoms with Crippen molar-refractivity contribution < 1.29 is 8.78 Å². The average Bonchev–Trinajstić information content (AvgIpc) is 2.79. The molecule has 2 aromatic heterocycles. The number of nitrogens with zero attached hydrogens (tertiary/aromatic N) is 5. The van der Waals surface area contributed by atoms with E-state index in [1.807, 2.05) is 17.9 Å². The molecule has 1 aliphatic heterocycles. The summed E-state index contributed by atoms with van der Waals surface area (Å²) in [6.07, 6.45) is 0. The summed E-state index contributed by atoms with van der Waals surface area (Å²) in [6, 6.07) is 11.5. The number of hydrogen-bond acceptors (Lipinski definition) is 5. The first kappa shape index (κ1) is 22.9. The van der Waals surface area contributed by atoms with Gasteiger partial charge in [-0.15, -0.1) is 0 Å². The van der Waals surface area contributed by atoms with Gasteiger partial charge in [-0.1, -0.05) is 19.1 Å². The predicted molar refractivity (Wildman–Crippen MR) is 127 cm³/mol. The molecule has 6 nitrogen and oxygen atoms in total. The second kappa shape index (κ2) is 8.27. The molecule has 0 spiro atoms. The minimum absolute atomic E-state index is 0.00101. The first-order chi connectivity index (χ1) is 15.6. The van der Waals surface area contributed by atoms with Gasteiger partial charge in [0.15, 0.2) is 0 Å².